The Balaban J connectivity index is 1.61. The number of hydrogen-bond donors (Lipinski definition) is 1. The molecule has 168 valence electrons. The molecule has 1 saturated carbocycles. The molecule has 1 N–H and O–H groups in total. The maximum Gasteiger partial charge on any atom is 0.275 e. The van der Waals surface area contributed by atoms with Gasteiger partial charge in [-0.15, -0.1) is 11.3 Å². The number of benzene rings is 1. The zero-order valence-electron chi connectivity index (χ0n) is 18.5. The van der Waals surface area contributed by atoms with E-state index in [-0.39, 0.29) is 17.9 Å². The van der Waals surface area contributed by atoms with Gasteiger partial charge >= 0.3 is 0 Å². The number of carbonyl (C=O) groups excluding carboxylic acids is 2. The van der Waals surface area contributed by atoms with Gasteiger partial charge < -0.3 is 9.88 Å². The van der Waals surface area contributed by atoms with Gasteiger partial charge in [0.05, 0.1) is 16.8 Å². The summed E-state index contributed by atoms with van der Waals surface area (Å²) in [6.45, 7) is 4.19. The van der Waals surface area contributed by atoms with Gasteiger partial charge in [-0.2, -0.15) is 0 Å². The van der Waals surface area contributed by atoms with E-state index in [1.54, 1.807) is 16.2 Å². The number of hydrogen-bond acceptors (Lipinski definition) is 3. The van der Waals surface area contributed by atoms with Gasteiger partial charge in [-0.1, -0.05) is 43.4 Å². The smallest absolute Gasteiger partial charge is 0.275 e. The van der Waals surface area contributed by atoms with Crippen molar-refractivity contribution in [2.75, 3.05) is 4.90 Å². The summed E-state index contributed by atoms with van der Waals surface area (Å²) in [5.74, 6) is -0.261. The van der Waals surface area contributed by atoms with Gasteiger partial charge in [-0.3, -0.25) is 14.5 Å². The van der Waals surface area contributed by atoms with Crippen molar-refractivity contribution in [1.82, 2.24) is 9.88 Å². The number of rotatable bonds is 3. The number of anilines is 1. The van der Waals surface area contributed by atoms with E-state index in [2.05, 4.69) is 5.32 Å². The minimum atomic E-state index is -1.07. The first-order valence-electron chi connectivity index (χ1n) is 11.4. The van der Waals surface area contributed by atoms with Crippen LogP contribution in [0.3, 0.4) is 0 Å². The van der Waals surface area contributed by atoms with Crippen LogP contribution in [0.1, 0.15) is 61.5 Å². The minimum Gasteiger partial charge on any atom is -0.351 e. The van der Waals surface area contributed by atoms with E-state index in [4.69, 9.17) is 11.6 Å². The Hall–Kier alpha value is -2.31. The lowest BCUT2D eigenvalue weighted by Crippen LogP contribution is -2.65. The van der Waals surface area contributed by atoms with E-state index in [1.807, 2.05) is 54.1 Å². The summed E-state index contributed by atoms with van der Waals surface area (Å²) in [5.41, 5.74) is 2.05. The molecule has 1 atom stereocenters. The van der Waals surface area contributed by atoms with Crippen molar-refractivity contribution >= 4 is 50.7 Å². The average Bonchev–Trinajstić information content (AvgIpc) is 3.26. The molecule has 2 aliphatic rings. The third-order valence-corrected chi connectivity index (χ3v) is 8.33. The van der Waals surface area contributed by atoms with E-state index in [0.29, 0.717) is 22.9 Å². The number of thiophene rings is 1. The van der Waals surface area contributed by atoms with Crippen molar-refractivity contribution in [3.8, 4) is 0 Å². The van der Waals surface area contributed by atoms with Gasteiger partial charge in [-0.25, -0.2) is 0 Å². The zero-order chi connectivity index (χ0) is 22.5. The first-order valence-corrected chi connectivity index (χ1v) is 12.6. The van der Waals surface area contributed by atoms with Crippen LogP contribution in [0.2, 0.25) is 5.02 Å². The number of nitrogens with zero attached hydrogens (tertiary/aromatic N) is 2. The molecule has 2 aromatic heterocycles. The van der Waals surface area contributed by atoms with Crippen LogP contribution in [0, 0.1) is 6.92 Å². The standard InChI is InChI=1S/C25H28ClN3O2S/c1-16-18(26)10-7-11-19(16)29-23(30)21-14-22-20(12-13-32-22)28(21)15-25(29,2)24(31)27-17-8-5-3-4-6-9-17/h7,10-14,17H,3-6,8-9,15H2,1-2H3,(H,27,31)/t25-/m1/s1. The van der Waals surface area contributed by atoms with Gasteiger partial charge in [0.15, 0.2) is 0 Å². The van der Waals surface area contributed by atoms with Gasteiger partial charge in [-0.05, 0) is 61.9 Å². The molecule has 0 saturated heterocycles. The lowest BCUT2D eigenvalue weighted by atomic mass is 9.92. The number of halogens is 1. The molecule has 1 aliphatic heterocycles. The Kier molecular flexibility index (Phi) is 5.54. The second-order valence-electron chi connectivity index (χ2n) is 9.25. The molecule has 0 radical (unpaired) electrons. The van der Waals surface area contributed by atoms with E-state index in [0.717, 1.165) is 41.5 Å². The Bertz CT molecular complexity index is 1190. The number of amides is 2. The molecular weight excluding hydrogens is 442 g/mol. The molecule has 7 heteroatoms. The predicted octanol–water partition coefficient (Wildman–Crippen LogP) is 5.92. The number of aromatic nitrogens is 1. The molecule has 5 nitrogen and oxygen atoms in total. The van der Waals surface area contributed by atoms with Crippen LogP contribution in [-0.2, 0) is 11.3 Å². The van der Waals surface area contributed by atoms with Crippen LogP contribution < -0.4 is 10.2 Å². The van der Waals surface area contributed by atoms with E-state index >= 15 is 0 Å². The summed E-state index contributed by atoms with van der Waals surface area (Å²) < 4.78 is 3.07. The normalized spacial score (nSPS) is 22.1. The summed E-state index contributed by atoms with van der Waals surface area (Å²) in [6.07, 6.45) is 6.70. The quantitative estimate of drug-likeness (QED) is 0.484. The monoisotopic (exact) mass is 469 g/mol. The SMILES string of the molecule is Cc1c(Cl)cccc1N1C(=O)c2cc3sccc3n2C[C@]1(C)C(=O)NC1CCCCCC1. The largest absolute Gasteiger partial charge is 0.351 e. The van der Waals surface area contributed by atoms with Gasteiger partial charge in [0.25, 0.3) is 5.91 Å². The molecule has 32 heavy (non-hydrogen) atoms. The van der Waals surface area contributed by atoms with E-state index < -0.39 is 5.54 Å². The highest BCUT2D eigenvalue weighted by Crippen LogP contribution is 2.39. The highest BCUT2D eigenvalue weighted by atomic mass is 35.5. The number of nitrogens with one attached hydrogen (secondary N) is 1. The molecule has 1 fully saturated rings. The molecule has 5 rings (SSSR count). The van der Waals surface area contributed by atoms with Gasteiger partial charge in [0, 0.05) is 16.8 Å². The van der Waals surface area contributed by atoms with Crippen LogP contribution in [0.15, 0.2) is 35.7 Å². The summed E-state index contributed by atoms with van der Waals surface area (Å²) in [5, 5.41) is 5.93. The van der Waals surface area contributed by atoms with E-state index in [1.165, 1.54) is 12.8 Å². The average molecular weight is 470 g/mol. The second kappa shape index (κ2) is 8.23. The molecule has 0 bridgehead atoms. The van der Waals surface area contributed by atoms with Crippen LogP contribution in [0.4, 0.5) is 5.69 Å². The van der Waals surface area contributed by atoms with Crippen molar-refractivity contribution in [3.05, 3.63) is 52.0 Å². The van der Waals surface area contributed by atoms with Crippen LogP contribution in [-0.4, -0.2) is 28.0 Å². The third kappa shape index (κ3) is 3.44. The third-order valence-electron chi connectivity index (χ3n) is 7.06. The van der Waals surface area contributed by atoms with Crippen LogP contribution >= 0.6 is 22.9 Å². The Morgan fingerprint density at radius 1 is 1.19 bits per heavy atom. The molecule has 1 aliphatic carbocycles. The fourth-order valence-electron chi connectivity index (χ4n) is 5.19. The highest BCUT2D eigenvalue weighted by Gasteiger charge is 2.49. The lowest BCUT2D eigenvalue weighted by molar-refractivity contribution is -0.127. The predicted molar refractivity (Wildman–Crippen MR) is 131 cm³/mol. The molecule has 2 amide bonds. The van der Waals surface area contributed by atoms with Gasteiger partial charge in [0.2, 0.25) is 5.91 Å². The number of carbonyl (C=O) groups is 2. The molecule has 0 unspecified atom stereocenters. The lowest BCUT2D eigenvalue weighted by Gasteiger charge is -2.45. The second-order valence-corrected chi connectivity index (χ2v) is 10.6. The Labute approximate surface area is 197 Å². The maximum atomic E-state index is 13.9. The fourth-order valence-corrected chi connectivity index (χ4v) is 6.19. The Morgan fingerprint density at radius 3 is 2.69 bits per heavy atom. The molecule has 3 heterocycles. The molecule has 0 spiro atoms. The minimum absolute atomic E-state index is 0.0974. The zero-order valence-corrected chi connectivity index (χ0v) is 20.1. The van der Waals surface area contributed by atoms with Crippen molar-refractivity contribution in [3.63, 3.8) is 0 Å². The van der Waals surface area contributed by atoms with Crippen LogP contribution in [0.5, 0.6) is 0 Å². The summed E-state index contributed by atoms with van der Waals surface area (Å²) in [4.78, 5) is 29.5. The molecular formula is C25H28ClN3O2S. The fraction of sp³-hybridized carbons (Fsp3) is 0.440. The maximum absolute atomic E-state index is 13.9. The van der Waals surface area contributed by atoms with Crippen molar-refractivity contribution < 1.29 is 9.59 Å². The summed E-state index contributed by atoms with van der Waals surface area (Å²) in [6, 6.07) is 9.67. The highest BCUT2D eigenvalue weighted by molar-refractivity contribution is 7.17. The van der Waals surface area contributed by atoms with Crippen LogP contribution in [0.25, 0.3) is 10.2 Å². The first kappa shape index (κ1) is 21.5. The van der Waals surface area contributed by atoms with Crippen molar-refractivity contribution in [2.24, 2.45) is 0 Å². The molecule has 1 aromatic carbocycles. The van der Waals surface area contributed by atoms with Crippen molar-refractivity contribution in [2.45, 2.75) is 70.5 Å². The Morgan fingerprint density at radius 2 is 1.94 bits per heavy atom. The summed E-state index contributed by atoms with van der Waals surface area (Å²) in [7, 11) is 0. The first-order chi connectivity index (χ1) is 15.4. The molecule has 3 aromatic rings. The number of fused-ring (bicyclic) bond motifs is 3. The summed E-state index contributed by atoms with van der Waals surface area (Å²) >= 11 is 8.04. The topological polar surface area (TPSA) is 54.3 Å². The van der Waals surface area contributed by atoms with Crippen molar-refractivity contribution in [1.29, 1.82) is 0 Å². The van der Waals surface area contributed by atoms with Gasteiger partial charge in [0.1, 0.15) is 11.2 Å². The van der Waals surface area contributed by atoms with E-state index in [9.17, 15) is 9.59 Å².